The first kappa shape index (κ1) is 16.7. The first-order chi connectivity index (χ1) is 11.5. The third-order valence-electron chi connectivity index (χ3n) is 3.33. The Hall–Kier alpha value is -2.17. The minimum absolute atomic E-state index is 0.548. The van der Waals surface area contributed by atoms with Gasteiger partial charge < -0.3 is 0 Å². The summed E-state index contributed by atoms with van der Waals surface area (Å²) >= 11 is -2.69. The van der Waals surface area contributed by atoms with E-state index in [1.54, 1.807) is 60.7 Å². The molecule has 3 aromatic carbocycles. The van der Waals surface area contributed by atoms with Crippen LogP contribution in [0.2, 0.25) is 0 Å². The van der Waals surface area contributed by atoms with Crippen LogP contribution in [0.15, 0.2) is 60.7 Å². The maximum atomic E-state index is 14.3. The van der Waals surface area contributed by atoms with E-state index < -0.39 is 47.4 Å². The van der Waals surface area contributed by atoms with Gasteiger partial charge in [-0.3, -0.25) is 0 Å². The molecule has 0 spiro atoms. The van der Waals surface area contributed by atoms with Crippen molar-refractivity contribution in [2.75, 3.05) is 0 Å². The third kappa shape index (κ3) is 2.83. The summed E-state index contributed by atoms with van der Waals surface area (Å²) < 4.78 is 69.7. The molecule has 0 aliphatic rings. The van der Waals surface area contributed by atoms with Crippen LogP contribution >= 0.6 is 0 Å². The van der Waals surface area contributed by atoms with Crippen LogP contribution in [0, 0.1) is 29.1 Å². The van der Waals surface area contributed by atoms with Crippen molar-refractivity contribution in [3.8, 4) is 0 Å². The van der Waals surface area contributed by atoms with Crippen molar-refractivity contribution in [1.29, 1.82) is 0 Å². The predicted molar refractivity (Wildman–Crippen MR) is 83.8 cm³/mol. The van der Waals surface area contributed by atoms with Gasteiger partial charge in [-0.2, -0.15) is 0 Å². The van der Waals surface area contributed by atoms with Crippen LogP contribution in [0.1, 0.15) is 0 Å². The summed E-state index contributed by atoms with van der Waals surface area (Å²) in [5.41, 5.74) is 0. The summed E-state index contributed by atoms with van der Waals surface area (Å²) in [6.07, 6.45) is 0. The quantitative estimate of drug-likeness (QED) is 0.275. The van der Waals surface area contributed by atoms with Gasteiger partial charge in [0.15, 0.2) is 0 Å². The Bertz CT molecular complexity index is 797. The van der Waals surface area contributed by atoms with Crippen LogP contribution in [0.25, 0.3) is 0 Å². The first-order valence-corrected chi connectivity index (χ1v) is 9.45. The van der Waals surface area contributed by atoms with E-state index in [1.807, 2.05) is 0 Å². The van der Waals surface area contributed by atoms with Crippen LogP contribution in [-0.4, -0.2) is 13.9 Å². The fourth-order valence-electron chi connectivity index (χ4n) is 2.25. The maximum absolute atomic E-state index is 14.3. The zero-order chi connectivity index (χ0) is 17.3. The van der Waals surface area contributed by atoms with Gasteiger partial charge in [-0.1, -0.05) is 0 Å². The van der Waals surface area contributed by atoms with Gasteiger partial charge >= 0.3 is 139 Å². The molecular weight excluding hydrogens is 390 g/mol. The van der Waals surface area contributed by atoms with Gasteiger partial charge in [-0.05, 0) is 0 Å². The number of halogens is 5. The van der Waals surface area contributed by atoms with Crippen LogP contribution in [0.5, 0.6) is 0 Å². The molecule has 24 heavy (non-hydrogen) atoms. The first-order valence-electron chi connectivity index (χ1n) is 6.88. The molecule has 0 unspecified atom stereocenters. The summed E-state index contributed by atoms with van der Waals surface area (Å²) in [7, 11) is 0. The molecule has 123 valence electrons. The summed E-state index contributed by atoms with van der Waals surface area (Å²) in [6, 6.07) is 16.6. The molecule has 0 bridgehead atoms. The Morgan fingerprint density at radius 2 is 0.792 bits per heavy atom. The number of hydrogen-bond acceptors (Lipinski definition) is 0. The molecule has 0 aliphatic carbocycles. The van der Waals surface area contributed by atoms with E-state index in [0.29, 0.717) is 8.92 Å². The molecule has 6 heteroatoms. The molecule has 0 fully saturated rings. The molecule has 3 rings (SSSR count). The van der Waals surface area contributed by atoms with Crippen LogP contribution in [0.3, 0.4) is 0 Å². The monoisotopic (exact) mass is 401 g/mol. The van der Waals surface area contributed by atoms with Crippen molar-refractivity contribution in [3.05, 3.63) is 89.7 Å². The molecule has 0 N–H and O–H groups in total. The molecule has 0 aliphatic heterocycles. The zero-order valence-corrected chi connectivity index (χ0v) is 13.8. The summed E-state index contributed by atoms with van der Waals surface area (Å²) in [6.45, 7) is 0. The topological polar surface area (TPSA) is 0 Å². The number of rotatable bonds is 3. The normalized spacial score (nSPS) is 11.1. The average molecular weight is 400 g/mol. The van der Waals surface area contributed by atoms with Crippen LogP contribution in [-0.2, 0) is 0 Å². The van der Waals surface area contributed by atoms with Crippen molar-refractivity contribution in [2.24, 2.45) is 0 Å². The Kier molecular flexibility index (Phi) is 4.69. The molecule has 0 amide bonds. The fraction of sp³-hybridized carbons (Fsp3) is 0. The summed E-state index contributed by atoms with van der Waals surface area (Å²) in [5, 5.41) is 0. The van der Waals surface area contributed by atoms with Crippen molar-refractivity contribution >= 4 is 27.3 Å². The van der Waals surface area contributed by atoms with E-state index in [0.717, 1.165) is 0 Å². The predicted octanol–water partition coefficient (Wildman–Crippen LogP) is 2.90. The molecule has 0 atom stereocenters. The van der Waals surface area contributed by atoms with Gasteiger partial charge in [0.2, 0.25) is 0 Å². The molecule has 1 radical (unpaired) electrons. The second kappa shape index (κ2) is 6.75. The Morgan fingerprint density at radius 1 is 0.458 bits per heavy atom. The van der Waals surface area contributed by atoms with E-state index in [4.69, 9.17) is 0 Å². The van der Waals surface area contributed by atoms with E-state index >= 15 is 0 Å². The van der Waals surface area contributed by atoms with Gasteiger partial charge in [0.1, 0.15) is 0 Å². The van der Waals surface area contributed by atoms with Gasteiger partial charge in [-0.15, -0.1) is 0 Å². The second-order valence-corrected chi connectivity index (χ2v) is 8.95. The Labute approximate surface area is 139 Å². The average Bonchev–Trinajstić information content (AvgIpc) is 2.63. The van der Waals surface area contributed by atoms with Gasteiger partial charge in [0.05, 0.1) is 0 Å². The molecule has 0 aromatic heterocycles. The van der Waals surface area contributed by atoms with Crippen LogP contribution < -0.4 is 13.4 Å². The van der Waals surface area contributed by atoms with Gasteiger partial charge in [0, 0.05) is 0 Å². The SMILES string of the molecule is Fc1c(F)c(F)c([Se](c2ccccc2)c2ccccc2)c(F)c1F. The van der Waals surface area contributed by atoms with Gasteiger partial charge in [0.25, 0.3) is 0 Å². The van der Waals surface area contributed by atoms with Crippen molar-refractivity contribution in [3.63, 3.8) is 0 Å². The van der Waals surface area contributed by atoms with E-state index in [9.17, 15) is 22.0 Å². The van der Waals surface area contributed by atoms with Crippen LogP contribution in [0.4, 0.5) is 22.0 Å². The third-order valence-corrected chi connectivity index (χ3v) is 8.06. The second-order valence-electron chi connectivity index (χ2n) is 4.83. The van der Waals surface area contributed by atoms with Gasteiger partial charge in [-0.25, -0.2) is 0 Å². The Morgan fingerprint density at radius 3 is 1.17 bits per heavy atom. The van der Waals surface area contributed by atoms with Crippen molar-refractivity contribution in [1.82, 2.24) is 0 Å². The number of benzene rings is 3. The van der Waals surface area contributed by atoms with Crippen molar-refractivity contribution < 1.29 is 22.0 Å². The van der Waals surface area contributed by atoms with Crippen molar-refractivity contribution in [2.45, 2.75) is 0 Å². The number of hydrogen-bond donors (Lipinski definition) is 0. The van der Waals surface area contributed by atoms with E-state index in [2.05, 4.69) is 0 Å². The molecule has 0 saturated carbocycles. The summed E-state index contributed by atoms with van der Waals surface area (Å²) in [5.74, 6) is -9.48. The Balaban J connectivity index is 2.33. The molecular formula is C18H10F5Se. The fourth-order valence-corrected chi connectivity index (χ4v) is 6.74. The minimum atomic E-state index is -2.69. The van der Waals surface area contributed by atoms with E-state index in [1.165, 1.54) is 0 Å². The molecule has 0 saturated heterocycles. The molecule has 3 aromatic rings. The molecule has 0 nitrogen and oxygen atoms in total. The zero-order valence-electron chi connectivity index (χ0n) is 12.1. The summed E-state index contributed by atoms with van der Waals surface area (Å²) in [4.78, 5) is 0. The van der Waals surface area contributed by atoms with E-state index in [-0.39, 0.29) is 0 Å². The molecule has 0 heterocycles. The standard InChI is InChI=1S/C18H10F5Se/c19-13-14(20)16(22)18(17(23)15(13)21)24(11-7-3-1-4-8-11)12-9-5-2-6-10-12/h1-10H.